The smallest absolute Gasteiger partial charge is 0.338 e. The quantitative estimate of drug-likeness (QED) is 0.726. The number of nitrogens with one attached hydrogen (secondary N) is 1. The van der Waals surface area contributed by atoms with Gasteiger partial charge in [-0.3, -0.25) is 4.79 Å². The van der Waals surface area contributed by atoms with E-state index in [4.69, 9.17) is 14.2 Å². The van der Waals surface area contributed by atoms with Crippen LogP contribution in [0.5, 0.6) is 11.5 Å². The van der Waals surface area contributed by atoms with Crippen molar-refractivity contribution in [3.8, 4) is 17.6 Å². The highest BCUT2D eigenvalue weighted by atomic mass is 32.1. The zero-order valence-corrected chi connectivity index (χ0v) is 17.4. The van der Waals surface area contributed by atoms with Gasteiger partial charge in [-0.25, -0.2) is 4.79 Å². The van der Waals surface area contributed by atoms with Gasteiger partial charge in [-0.2, -0.15) is 5.26 Å². The van der Waals surface area contributed by atoms with Crippen LogP contribution < -0.4 is 14.8 Å². The number of fused-ring (bicyclic) bond motifs is 1. The summed E-state index contributed by atoms with van der Waals surface area (Å²) in [4.78, 5) is 25.7. The van der Waals surface area contributed by atoms with Gasteiger partial charge in [0.2, 0.25) is 0 Å². The van der Waals surface area contributed by atoms with Gasteiger partial charge in [-0.1, -0.05) is 6.92 Å². The van der Waals surface area contributed by atoms with Gasteiger partial charge in [0.05, 0.1) is 25.3 Å². The van der Waals surface area contributed by atoms with Gasteiger partial charge in [-0.15, -0.1) is 11.3 Å². The summed E-state index contributed by atoms with van der Waals surface area (Å²) in [7, 11) is 2.96. The third-order valence-electron chi connectivity index (χ3n) is 4.80. The summed E-state index contributed by atoms with van der Waals surface area (Å²) in [6.45, 7) is 1.72. The second-order valence-corrected chi connectivity index (χ2v) is 8.00. The minimum Gasteiger partial charge on any atom is -0.497 e. The molecule has 1 amide bonds. The van der Waals surface area contributed by atoms with Crippen LogP contribution in [0, 0.1) is 17.2 Å². The highest BCUT2D eigenvalue weighted by Crippen LogP contribution is 2.39. The molecule has 0 fully saturated rings. The first-order valence-electron chi connectivity index (χ1n) is 9.19. The number of nitrogens with zero attached hydrogens (tertiary/aromatic N) is 1. The van der Waals surface area contributed by atoms with Crippen LogP contribution in [0.1, 0.15) is 39.7 Å². The van der Waals surface area contributed by atoms with Crippen molar-refractivity contribution in [1.82, 2.24) is 0 Å². The molecule has 3 rings (SSSR count). The van der Waals surface area contributed by atoms with Crippen LogP contribution >= 0.6 is 11.3 Å². The Kier molecular flexibility index (Phi) is 6.39. The van der Waals surface area contributed by atoms with Crippen molar-refractivity contribution in [2.45, 2.75) is 26.2 Å². The molecule has 0 bridgehead atoms. The normalized spacial score (nSPS) is 15.0. The summed E-state index contributed by atoms with van der Waals surface area (Å²) >= 11 is 1.43. The third-order valence-corrected chi connectivity index (χ3v) is 5.97. The Morgan fingerprint density at radius 2 is 1.93 bits per heavy atom. The molecule has 1 atom stereocenters. The molecule has 0 unspecified atom stereocenters. The average molecular weight is 414 g/mol. The second kappa shape index (κ2) is 8.97. The number of carbonyl (C=O) groups excluding carboxylic acids is 2. The fraction of sp³-hybridized carbons (Fsp3) is 0.381. The summed E-state index contributed by atoms with van der Waals surface area (Å²) in [5, 5.41) is 12.7. The summed E-state index contributed by atoms with van der Waals surface area (Å²) in [5.41, 5.74) is 1.77. The lowest BCUT2D eigenvalue weighted by Crippen LogP contribution is -2.21. The van der Waals surface area contributed by atoms with E-state index in [2.05, 4.69) is 18.3 Å². The molecule has 0 aliphatic heterocycles. The van der Waals surface area contributed by atoms with Crippen molar-refractivity contribution in [1.29, 1.82) is 5.26 Å². The van der Waals surface area contributed by atoms with Gasteiger partial charge in [0.1, 0.15) is 22.6 Å². The lowest BCUT2D eigenvalue weighted by Gasteiger charge is -2.17. The van der Waals surface area contributed by atoms with E-state index in [1.807, 2.05) is 0 Å². The van der Waals surface area contributed by atoms with Crippen LogP contribution in [0.15, 0.2) is 18.2 Å². The summed E-state index contributed by atoms with van der Waals surface area (Å²) in [5.74, 6) is 0.293. The Bertz CT molecular complexity index is 954. The van der Waals surface area contributed by atoms with Crippen LogP contribution in [-0.2, 0) is 22.4 Å². The molecular weight excluding hydrogens is 392 g/mol. The molecule has 1 aromatic heterocycles. The molecule has 2 aromatic rings. The van der Waals surface area contributed by atoms with Crippen molar-refractivity contribution in [2.75, 3.05) is 26.1 Å². The fourth-order valence-electron chi connectivity index (χ4n) is 3.26. The highest BCUT2D eigenvalue weighted by Gasteiger charge is 2.25. The SMILES string of the molecule is COc1cc(OC)cc(C(=O)OCC(=O)Nc2sc3c(c2C#N)CC[C@H](C)C3)c1. The van der Waals surface area contributed by atoms with Crippen molar-refractivity contribution in [3.05, 3.63) is 39.8 Å². The number of methoxy groups -OCH3 is 2. The van der Waals surface area contributed by atoms with E-state index < -0.39 is 18.5 Å². The standard InChI is InChI=1S/C21H22N2O5S/c1-12-4-5-16-17(10-22)20(29-18(16)6-12)23-19(24)11-28-21(25)13-7-14(26-2)9-15(8-13)27-3/h7-9,12H,4-6,11H2,1-3H3,(H,23,24)/t12-/m0/s1. The van der Waals surface area contributed by atoms with E-state index in [0.29, 0.717) is 28.0 Å². The first-order chi connectivity index (χ1) is 13.9. The van der Waals surface area contributed by atoms with Crippen LogP contribution in [0.25, 0.3) is 0 Å². The number of ether oxygens (including phenoxy) is 3. The molecule has 8 heteroatoms. The zero-order chi connectivity index (χ0) is 21.0. The fourth-order valence-corrected chi connectivity index (χ4v) is 4.64. The van der Waals surface area contributed by atoms with E-state index in [0.717, 1.165) is 29.7 Å². The largest absolute Gasteiger partial charge is 0.497 e. The maximum atomic E-state index is 12.3. The van der Waals surface area contributed by atoms with Crippen molar-refractivity contribution >= 4 is 28.2 Å². The summed E-state index contributed by atoms with van der Waals surface area (Å²) < 4.78 is 15.4. The lowest BCUT2D eigenvalue weighted by atomic mass is 9.89. The van der Waals surface area contributed by atoms with E-state index in [9.17, 15) is 14.9 Å². The number of hydrogen-bond donors (Lipinski definition) is 1. The Labute approximate surface area is 173 Å². The van der Waals surface area contributed by atoms with Gasteiger partial charge in [0, 0.05) is 10.9 Å². The minimum absolute atomic E-state index is 0.215. The number of thiophene rings is 1. The highest BCUT2D eigenvalue weighted by molar-refractivity contribution is 7.16. The molecule has 1 aliphatic carbocycles. The maximum absolute atomic E-state index is 12.3. The molecule has 1 N–H and O–H groups in total. The molecule has 152 valence electrons. The summed E-state index contributed by atoms with van der Waals surface area (Å²) in [6, 6.07) is 6.84. The molecule has 0 saturated heterocycles. The molecule has 0 spiro atoms. The number of hydrogen-bond acceptors (Lipinski definition) is 7. The zero-order valence-electron chi connectivity index (χ0n) is 16.5. The van der Waals surface area contributed by atoms with Gasteiger partial charge in [0.15, 0.2) is 6.61 Å². The lowest BCUT2D eigenvalue weighted by molar-refractivity contribution is -0.119. The Morgan fingerprint density at radius 1 is 1.24 bits per heavy atom. The Balaban J connectivity index is 1.65. The number of rotatable bonds is 6. The van der Waals surface area contributed by atoms with Crippen LogP contribution in [0.3, 0.4) is 0 Å². The summed E-state index contributed by atoms with van der Waals surface area (Å²) in [6.07, 6.45) is 2.79. The number of anilines is 1. The van der Waals surface area contributed by atoms with Gasteiger partial charge in [0.25, 0.3) is 5.91 Å². The van der Waals surface area contributed by atoms with Crippen molar-refractivity contribution in [2.24, 2.45) is 5.92 Å². The first kappa shape index (κ1) is 20.7. The number of esters is 1. The van der Waals surface area contributed by atoms with Gasteiger partial charge >= 0.3 is 5.97 Å². The molecule has 0 radical (unpaired) electrons. The molecule has 1 aromatic carbocycles. The molecule has 1 heterocycles. The molecule has 7 nitrogen and oxygen atoms in total. The number of nitriles is 1. The van der Waals surface area contributed by atoms with E-state index >= 15 is 0 Å². The topological polar surface area (TPSA) is 97.7 Å². The Hall–Kier alpha value is -3.05. The number of carbonyl (C=O) groups is 2. The van der Waals surface area contributed by atoms with Crippen molar-refractivity contribution < 1.29 is 23.8 Å². The molecule has 0 saturated carbocycles. The second-order valence-electron chi connectivity index (χ2n) is 6.89. The third kappa shape index (κ3) is 4.69. The predicted octanol–water partition coefficient (Wildman–Crippen LogP) is 3.56. The van der Waals surface area contributed by atoms with Crippen LogP contribution in [-0.4, -0.2) is 32.7 Å². The molecular formula is C21H22N2O5S. The number of benzene rings is 1. The average Bonchev–Trinajstić information content (AvgIpc) is 3.07. The van der Waals surface area contributed by atoms with Gasteiger partial charge in [-0.05, 0) is 42.9 Å². The predicted molar refractivity (Wildman–Crippen MR) is 109 cm³/mol. The maximum Gasteiger partial charge on any atom is 0.338 e. The monoisotopic (exact) mass is 414 g/mol. The van der Waals surface area contributed by atoms with Crippen LogP contribution in [0.2, 0.25) is 0 Å². The molecule has 29 heavy (non-hydrogen) atoms. The van der Waals surface area contributed by atoms with E-state index in [-0.39, 0.29) is 5.56 Å². The first-order valence-corrected chi connectivity index (χ1v) is 10.0. The number of amides is 1. The Morgan fingerprint density at radius 3 is 2.55 bits per heavy atom. The molecule has 1 aliphatic rings. The minimum atomic E-state index is -0.669. The van der Waals surface area contributed by atoms with Crippen LogP contribution in [0.4, 0.5) is 5.00 Å². The van der Waals surface area contributed by atoms with E-state index in [1.54, 1.807) is 6.07 Å². The van der Waals surface area contributed by atoms with Crippen molar-refractivity contribution in [3.63, 3.8) is 0 Å². The van der Waals surface area contributed by atoms with Gasteiger partial charge < -0.3 is 19.5 Å². The van der Waals surface area contributed by atoms with E-state index in [1.165, 1.54) is 37.7 Å².